The molecular weight excluding hydrogens is 356 g/mol. The first-order valence-corrected chi connectivity index (χ1v) is 9.10. The van der Waals surface area contributed by atoms with Crippen LogP contribution in [-0.4, -0.2) is 67.1 Å². The van der Waals surface area contributed by atoms with Gasteiger partial charge in [0, 0.05) is 31.4 Å². The Morgan fingerprint density at radius 2 is 1.96 bits per heavy atom. The van der Waals surface area contributed by atoms with Crippen LogP contribution in [0.4, 0.5) is 14.5 Å². The summed E-state index contributed by atoms with van der Waals surface area (Å²) in [6, 6.07) is 6.33. The van der Waals surface area contributed by atoms with Crippen molar-refractivity contribution in [2.75, 3.05) is 38.0 Å². The summed E-state index contributed by atoms with van der Waals surface area (Å²) in [4.78, 5) is 18.1. The fourth-order valence-electron chi connectivity index (χ4n) is 2.86. The number of phenolic OH excluding ortho intramolecular Hbond substituents is 1. The molecule has 1 fully saturated rings. The Labute approximate surface area is 157 Å². The van der Waals surface area contributed by atoms with E-state index in [1.165, 1.54) is 12.1 Å². The molecule has 1 aromatic rings. The highest BCUT2D eigenvalue weighted by Gasteiger charge is 2.22. The second-order valence-corrected chi connectivity index (χ2v) is 6.40. The van der Waals surface area contributed by atoms with Crippen molar-refractivity contribution >= 4 is 17.6 Å². The van der Waals surface area contributed by atoms with Gasteiger partial charge in [-0.05, 0) is 44.0 Å². The van der Waals surface area contributed by atoms with Gasteiger partial charge in [0.2, 0.25) is 5.91 Å². The summed E-state index contributed by atoms with van der Waals surface area (Å²) in [5, 5.41) is 18.3. The molecule has 0 aliphatic carbocycles. The average Bonchev–Trinajstić information content (AvgIpc) is 2.63. The number of hydrogen-bond donors (Lipinski definition) is 4. The van der Waals surface area contributed by atoms with Crippen LogP contribution in [0.25, 0.3) is 0 Å². The van der Waals surface area contributed by atoms with Gasteiger partial charge in [-0.2, -0.15) is 0 Å². The lowest BCUT2D eigenvalue weighted by Crippen LogP contribution is -2.49. The quantitative estimate of drug-likeness (QED) is 0.326. The number of likely N-dealkylation sites (tertiary alicyclic amines) is 1. The van der Waals surface area contributed by atoms with Gasteiger partial charge < -0.3 is 21.1 Å². The normalized spacial score (nSPS) is 16.4. The van der Waals surface area contributed by atoms with Gasteiger partial charge in [-0.3, -0.25) is 9.69 Å². The zero-order valence-electron chi connectivity index (χ0n) is 15.4. The summed E-state index contributed by atoms with van der Waals surface area (Å²) in [6.07, 6.45) is -0.811. The van der Waals surface area contributed by atoms with Crippen LogP contribution in [0.3, 0.4) is 0 Å². The van der Waals surface area contributed by atoms with Crippen molar-refractivity contribution in [1.82, 2.24) is 15.5 Å². The molecule has 4 N–H and O–H groups in total. The number of carbonyl (C=O) groups is 1. The Morgan fingerprint density at radius 1 is 1.30 bits per heavy atom. The molecule has 27 heavy (non-hydrogen) atoms. The van der Waals surface area contributed by atoms with Crippen molar-refractivity contribution in [2.45, 2.75) is 32.2 Å². The molecule has 0 aromatic heterocycles. The van der Waals surface area contributed by atoms with Crippen LogP contribution in [0.1, 0.15) is 19.8 Å². The second kappa shape index (κ2) is 10.7. The third-order valence-electron chi connectivity index (χ3n) is 4.20. The van der Waals surface area contributed by atoms with Gasteiger partial charge in [0.05, 0.1) is 6.54 Å². The number of hydrogen-bond acceptors (Lipinski definition) is 4. The minimum Gasteiger partial charge on any atom is -0.508 e. The molecule has 0 saturated carbocycles. The molecular formula is C18H27F2N5O2. The molecule has 0 atom stereocenters. The summed E-state index contributed by atoms with van der Waals surface area (Å²) in [5.41, 5.74) is 0.581. The van der Waals surface area contributed by atoms with Gasteiger partial charge in [-0.15, -0.1) is 0 Å². The molecule has 0 spiro atoms. The predicted octanol–water partition coefficient (Wildman–Crippen LogP) is 1.62. The van der Waals surface area contributed by atoms with Gasteiger partial charge >= 0.3 is 0 Å². The number of aromatic hydroxyl groups is 1. The standard InChI is InChI=1S/C18H27F2N5O2/c1-2-21-18(24-14-7-9-25(10-8-14)12-16(19)20)22-11-17(27)23-13-3-5-15(26)6-4-13/h3-6,14,16,26H,2,7-12H2,1H3,(H,23,27)(H2,21,22,24). The third-order valence-corrected chi connectivity index (χ3v) is 4.20. The van der Waals surface area contributed by atoms with Crippen LogP contribution in [0.2, 0.25) is 0 Å². The number of amides is 1. The Morgan fingerprint density at radius 3 is 2.56 bits per heavy atom. The third kappa shape index (κ3) is 7.78. The molecule has 7 nitrogen and oxygen atoms in total. The van der Waals surface area contributed by atoms with E-state index in [-0.39, 0.29) is 30.8 Å². The number of nitrogens with zero attached hydrogens (tertiary/aromatic N) is 2. The van der Waals surface area contributed by atoms with E-state index >= 15 is 0 Å². The molecule has 1 aliphatic rings. The first-order valence-electron chi connectivity index (χ1n) is 9.10. The number of aliphatic imine (C=N–C) groups is 1. The largest absolute Gasteiger partial charge is 0.508 e. The van der Waals surface area contributed by atoms with Crippen LogP contribution in [0, 0.1) is 0 Å². The highest BCUT2D eigenvalue weighted by molar-refractivity contribution is 5.94. The van der Waals surface area contributed by atoms with Gasteiger partial charge in [0.15, 0.2) is 5.96 Å². The minimum atomic E-state index is -2.31. The first-order chi connectivity index (χ1) is 13.0. The van der Waals surface area contributed by atoms with E-state index in [0.717, 1.165) is 12.8 Å². The van der Waals surface area contributed by atoms with Crippen molar-refractivity contribution < 1.29 is 18.7 Å². The number of benzene rings is 1. The second-order valence-electron chi connectivity index (χ2n) is 6.40. The van der Waals surface area contributed by atoms with E-state index in [0.29, 0.717) is 31.3 Å². The van der Waals surface area contributed by atoms with Gasteiger partial charge in [-0.1, -0.05) is 0 Å². The maximum atomic E-state index is 12.4. The summed E-state index contributed by atoms with van der Waals surface area (Å²) >= 11 is 0. The van der Waals surface area contributed by atoms with Crippen molar-refractivity contribution in [2.24, 2.45) is 4.99 Å². The molecule has 1 aromatic carbocycles. The monoisotopic (exact) mass is 383 g/mol. The molecule has 0 radical (unpaired) electrons. The zero-order chi connectivity index (χ0) is 19.6. The maximum Gasteiger partial charge on any atom is 0.251 e. The van der Waals surface area contributed by atoms with Crippen LogP contribution in [0.15, 0.2) is 29.3 Å². The number of phenols is 1. The summed E-state index contributed by atoms with van der Waals surface area (Å²) in [6.45, 7) is 3.57. The summed E-state index contributed by atoms with van der Waals surface area (Å²) < 4.78 is 24.9. The number of alkyl halides is 2. The van der Waals surface area contributed by atoms with Crippen LogP contribution in [0.5, 0.6) is 5.75 Å². The first kappa shape index (κ1) is 20.9. The highest BCUT2D eigenvalue weighted by atomic mass is 19.3. The molecule has 2 rings (SSSR count). The summed E-state index contributed by atoms with van der Waals surface area (Å²) in [5.74, 6) is 0.388. The molecule has 150 valence electrons. The topological polar surface area (TPSA) is 89.0 Å². The van der Waals surface area contributed by atoms with Crippen molar-refractivity contribution in [1.29, 1.82) is 0 Å². The molecule has 1 aliphatic heterocycles. The predicted molar refractivity (Wildman–Crippen MR) is 101 cm³/mol. The fraction of sp³-hybridized carbons (Fsp3) is 0.556. The smallest absolute Gasteiger partial charge is 0.251 e. The van der Waals surface area contributed by atoms with Gasteiger partial charge in [-0.25, -0.2) is 13.8 Å². The average molecular weight is 383 g/mol. The SMILES string of the molecule is CCNC(=NCC(=O)Nc1ccc(O)cc1)NC1CCN(CC(F)F)CC1. The van der Waals surface area contributed by atoms with Gasteiger partial charge in [0.1, 0.15) is 12.3 Å². The zero-order valence-corrected chi connectivity index (χ0v) is 15.4. The lowest BCUT2D eigenvalue weighted by Gasteiger charge is -2.32. The van der Waals surface area contributed by atoms with Crippen molar-refractivity contribution in [3.8, 4) is 5.75 Å². The van der Waals surface area contributed by atoms with Crippen molar-refractivity contribution in [3.63, 3.8) is 0 Å². The van der Waals surface area contributed by atoms with Crippen LogP contribution in [-0.2, 0) is 4.79 Å². The molecule has 0 unspecified atom stereocenters. The molecule has 1 amide bonds. The van der Waals surface area contributed by atoms with E-state index in [1.807, 2.05) is 6.92 Å². The number of nitrogens with one attached hydrogen (secondary N) is 3. The number of piperidine rings is 1. The van der Waals surface area contributed by atoms with E-state index in [2.05, 4.69) is 20.9 Å². The van der Waals surface area contributed by atoms with Crippen LogP contribution >= 0.6 is 0 Å². The van der Waals surface area contributed by atoms with E-state index < -0.39 is 6.43 Å². The summed E-state index contributed by atoms with van der Waals surface area (Å²) in [7, 11) is 0. The lowest BCUT2D eigenvalue weighted by molar-refractivity contribution is -0.114. The minimum absolute atomic E-state index is 0.0551. The van der Waals surface area contributed by atoms with E-state index in [4.69, 9.17) is 0 Å². The maximum absolute atomic E-state index is 12.4. The molecule has 9 heteroatoms. The molecule has 0 bridgehead atoms. The number of halogens is 2. The number of rotatable bonds is 7. The molecule has 1 saturated heterocycles. The fourth-order valence-corrected chi connectivity index (χ4v) is 2.86. The Hall–Kier alpha value is -2.42. The Kier molecular flexibility index (Phi) is 8.25. The van der Waals surface area contributed by atoms with Crippen molar-refractivity contribution in [3.05, 3.63) is 24.3 Å². The van der Waals surface area contributed by atoms with E-state index in [9.17, 15) is 18.7 Å². The molecule has 1 heterocycles. The highest BCUT2D eigenvalue weighted by Crippen LogP contribution is 2.14. The Bertz CT molecular complexity index is 617. The lowest BCUT2D eigenvalue weighted by atomic mass is 10.1. The van der Waals surface area contributed by atoms with E-state index in [1.54, 1.807) is 17.0 Å². The Balaban J connectivity index is 1.81. The van der Waals surface area contributed by atoms with Crippen LogP contribution < -0.4 is 16.0 Å². The number of anilines is 1. The number of carbonyl (C=O) groups excluding carboxylic acids is 1. The number of guanidine groups is 1. The van der Waals surface area contributed by atoms with Gasteiger partial charge in [0.25, 0.3) is 6.43 Å².